The SMILES string of the molecule is Cl.NC1C[C@H]2CC[C@@H](C1)C2F. The Kier molecular flexibility index (Phi) is 2.76. The van der Waals surface area contributed by atoms with Crippen LogP contribution in [0.5, 0.6) is 0 Å². The van der Waals surface area contributed by atoms with Gasteiger partial charge in [-0.25, -0.2) is 4.39 Å². The molecule has 0 aromatic carbocycles. The van der Waals surface area contributed by atoms with Crippen LogP contribution >= 0.6 is 12.4 Å². The van der Waals surface area contributed by atoms with Crippen molar-refractivity contribution in [3.8, 4) is 0 Å². The zero-order valence-corrected chi connectivity index (χ0v) is 7.32. The summed E-state index contributed by atoms with van der Waals surface area (Å²) in [6, 6.07) is 0.296. The van der Waals surface area contributed by atoms with Gasteiger partial charge in [0.2, 0.25) is 0 Å². The Morgan fingerprint density at radius 1 is 1.09 bits per heavy atom. The topological polar surface area (TPSA) is 26.0 Å². The van der Waals surface area contributed by atoms with Crippen LogP contribution in [0.15, 0.2) is 0 Å². The largest absolute Gasteiger partial charge is 0.328 e. The van der Waals surface area contributed by atoms with Crippen LogP contribution in [0.1, 0.15) is 25.7 Å². The minimum absolute atomic E-state index is 0. The van der Waals surface area contributed by atoms with E-state index in [4.69, 9.17) is 5.73 Å². The van der Waals surface area contributed by atoms with Crippen LogP contribution in [0, 0.1) is 11.8 Å². The molecule has 2 N–H and O–H groups in total. The van der Waals surface area contributed by atoms with E-state index in [1.165, 1.54) is 0 Å². The number of halogens is 2. The predicted octanol–water partition coefficient (Wildman–Crippen LogP) is 1.89. The van der Waals surface area contributed by atoms with Crippen LogP contribution in [-0.4, -0.2) is 12.2 Å². The van der Waals surface area contributed by atoms with Gasteiger partial charge >= 0.3 is 0 Å². The van der Waals surface area contributed by atoms with E-state index in [0.717, 1.165) is 25.7 Å². The van der Waals surface area contributed by atoms with Gasteiger partial charge in [-0.05, 0) is 37.5 Å². The second kappa shape index (κ2) is 3.28. The van der Waals surface area contributed by atoms with Crippen LogP contribution < -0.4 is 5.73 Å². The summed E-state index contributed by atoms with van der Waals surface area (Å²) in [6.07, 6.45) is 3.51. The van der Waals surface area contributed by atoms with E-state index < -0.39 is 6.17 Å². The van der Waals surface area contributed by atoms with Gasteiger partial charge in [0.05, 0.1) is 0 Å². The third kappa shape index (κ3) is 1.52. The van der Waals surface area contributed by atoms with Crippen LogP contribution in [-0.2, 0) is 0 Å². The van der Waals surface area contributed by atoms with Gasteiger partial charge in [0.1, 0.15) is 6.17 Å². The molecule has 2 saturated carbocycles. The van der Waals surface area contributed by atoms with Crippen molar-refractivity contribution in [1.29, 1.82) is 0 Å². The summed E-state index contributed by atoms with van der Waals surface area (Å²) in [4.78, 5) is 0. The predicted molar refractivity (Wildman–Crippen MR) is 45.6 cm³/mol. The molecule has 2 aliphatic carbocycles. The van der Waals surface area contributed by atoms with Crippen LogP contribution in [0.3, 0.4) is 0 Å². The molecule has 4 atom stereocenters. The molecule has 0 radical (unpaired) electrons. The highest BCUT2D eigenvalue weighted by Gasteiger charge is 2.41. The van der Waals surface area contributed by atoms with Gasteiger partial charge in [0.25, 0.3) is 0 Å². The molecule has 2 aliphatic rings. The molecule has 0 aromatic heterocycles. The lowest BCUT2D eigenvalue weighted by Gasteiger charge is -2.27. The van der Waals surface area contributed by atoms with Gasteiger partial charge in [-0.15, -0.1) is 12.4 Å². The first-order valence-electron chi connectivity index (χ1n) is 4.17. The van der Waals surface area contributed by atoms with Crippen LogP contribution in [0.4, 0.5) is 4.39 Å². The first-order valence-corrected chi connectivity index (χ1v) is 4.17. The summed E-state index contributed by atoms with van der Waals surface area (Å²) in [6.45, 7) is 0. The summed E-state index contributed by atoms with van der Waals surface area (Å²) in [5.74, 6) is 0.627. The molecule has 2 bridgehead atoms. The van der Waals surface area contributed by atoms with Gasteiger partial charge in [-0.1, -0.05) is 0 Å². The Balaban J connectivity index is 0.000000605. The molecular formula is C8H15ClFN. The fourth-order valence-corrected chi connectivity index (χ4v) is 2.50. The fourth-order valence-electron chi connectivity index (χ4n) is 2.50. The summed E-state index contributed by atoms with van der Waals surface area (Å²) < 4.78 is 13.2. The minimum atomic E-state index is -0.514. The molecule has 3 heteroatoms. The Bertz CT molecular complexity index is 128. The molecule has 0 aliphatic heterocycles. The zero-order valence-electron chi connectivity index (χ0n) is 6.50. The van der Waals surface area contributed by atoms with Crippen LogP contribution in [0.2, 0.25) is 0 Å². The van der Waals surface area contributed by atoms with Crippen molar-refractivity contribution in [2.24, 2.45) is 17.6 Å². The van der Waals surface area contributed by atoms with E-state index >= 15 is 0 Å². The van der Waals surface area contributed by atoms with Crippen molar-refractivity contribution in [3.63, 3.8) is 0 Å². The molecule has 2 unspecified atom stereocenters. The van der Waals surface area contributed by atoms with Gasteiger partial charge in [-0.3, -0.25) is 0 Å². The van der Waals surface area contributed by atoms with Gasteiger partial charge in [-0.2, -0.15) is 0 Å². The lowest BCUT2D eigenvalue weighted by Crippen LogP contribution is -2.35. The van der Waals surface area contributed by atoms with Crippen molar-refractivity contribution < 1.29 is 4.39 Å². The molecule has 66 valence electrons. The van der Waals surface area contributed by atoms with Gasteiger partial charge < -0.3 is 5.73 Å². The number of nitrogens with two attached hydrogens (primary N) is 1. The second-order valence-electron chi connectivity index (χ2n) is 3.77. The van der Waals surface area contributed by atoms with E-state index in [1.54, 1.807) is 0 Å². The highest BCUT2D eigenvalue weighted by molar-refractivity contribution is 5.85. The fraction of sp³-hybridized carbons (Fsp3) is 1.00. The minimum Gasteiger partial charge on any atom is -0.328 e. The summed E-state index contributed by atoms with van der Waals surface area (Å²) >= 11 is 0. The highest BCUT2D eigenvalue weighted by atomic mass is 35.5. The van der Waals surface area contributed by atoms with Crippen molar-refractivity contribution in [1.82, 2.24) is 0 Å². The summed E-state index contributed by atoms with van der Waals surface area (Å²) in [5.41, 5.74) is 5.75. The maximum atomic E-state index is 13.2. The monoisotopic (exact) mass is 179 g/mol. The normalized spacial score (nSPS) is 48.5. The van der Waals surface area contributed by atoms with E-state index in [1.807, 2.05) is 0 Å². The lowest BCUT2D eigenvalue weighted by molar-refractivity contribution is 0.143. The molecule has 11 heavy (non-hydrogen) atoms. The molecule has 2 fully saturated rings. The quantitative estimate of drug-likeness (QED) is 0.604. The van der Waals surface area contributed by atoms with E-state index in [2.05, 4.69) is 0 Å². The molecule has 0 saturated heterocycles. The standard InChI is InChI=1S/C8H14FN.ClH/c9-8-5-1-2-6(8)4-7(10)3-5;/h5-8H,1-4,10H2;1H/t5-,6+,7?,8?;. The molecule has 1 nitrogen and oxygen atoms in total. The third-order valence-corrected chi connectivity index (χ3v) is 3.02. The number of rotatable bonds is 0. The highest BCUT2D eigenvalue weighted by Crippen LogP contribution is 2.43. The smallest absolute Gasteiger partial charge is 0.106 e. The van der Waals surface area contributed by atoms with Crippen molar-refractivity contribution in [2.45, 2.75) is 37.9 Å². The Morgan fingerprint density at radius 3 is 2.00 bits per heavy atom. The molecule has 0 aromatic rings. The molecule has 0 heterocycles. The Labute approximate surface area is 72.9 Å². The number of fused-ring (bicyclic) bond motifs is 2. The second-order valence-corrected chi connectivity index (χ2v) is 3.77. The van der Waals surface area contributed by atoms with Gasteiger partial charge in [0.15, 0.2) is 0 Å². The summed E-state index contributed by atoms with van der Waals surface area (Å²) in [5, 5.41) is 0. The lowest BCUT2D eigenvalue weighted by atomic mass is 9.84. The number of hydrogen-bond donors (Lipinski definition) is 1. The van der Waals surface area contributed by atoms with Crippen LogP contribution in [0.25, 0.3) is 0 Å². The average molecular weight is 180 g/mol. The van der Waals surface area contributed by atoms with E-state index in [0.29, 0.717) is 17.9 Å². The molecule has 0 spiro atoms. The van der Waals surface area contributed by atoms with Crippen molar-refractivity contribution in [3.05, 3.63) is 0 Å². The molecular weight excluding hydrogens is 165 g/mol. The number of alkyl halides is 1. The van der Waals surface area contributed by atoms with Crippen molar-refractivity contribution in [2.75, 3.05) is 0 Å². The van der Waals surface area contributed by atoms with E-state index in [9.17, 15) is 4.39 Å². The Morgan fingerprint density at radius 2 is 1.55 bits per heavy atom. The number of hydrogen-bond acceptors (Lipinski definition) is 1. The van der Waals surface area contributed by atoms with Crippen molar-refractivity contribution >= 4 is 12.4 Å². The first-order chi connectivity index (χ1) is 4.77. The average Bonchev–Trinajstić information content (AvgIpc) is 2.20. The maximum absolute atomic E-state index is 13.2. The third-order valence-electron chi connectivity index (χ3n) is 3.02. The summed E-state index contributed by atoms with van der Waals surface area (Å²) in [7, 11) is 0. The van der Waals surface area contributed by atoms with Gasteiger partial charge in [0, 0.05) is 6.04 Å². The van der Waals surface area contributed by atoms with E-state index in [-0.39, 0.29) is 12.4 Å². The zero-order chi connectivity index (χ0) is 7.14. The Hall–Kier alpha value is 0.180. The maximum Gasteiger partial charge on any atom is 0.106 e. The molecule has 2 rings (SSSR count). The molecule has 0 amide bonds. The first kappa shape index (κ1) is 9.27.